The minimum atomic E-state index is 0.121. The smallest absolute Gasteiger partial charge is 0.170 e. The summed E-state index contributed by atoms with van der Waals surface area (Å²) in [5, 5.41) is 11.7. The summed E-state index contributed by atoms with van der Waals surface area (Å²) in [5.74, 6) is 1.79. The van der Waals surface area contributed by atoms with Crippen LogP contribution in [0, 0.1) is 0 Å². The van der Waals surface area contributed by atoms with Crippen LogP contribution in [-0.4, -0.2) is 20.4 Å². The summed E-state index contributed by atoms with van der Waals surface area (Å²) in [6, 6.07) is 7.61. The molecule has 7 heteroatoms. The van der Waals surface area contributed by atoms with Crippen LogP contribution in [0.15, 0.2) is 33.8 Å². The number of thioether (sulfide) groups is 1. The van der Waals surface area contributed by atoms with Crippen molar-refractivity contribution in [1.82, 2.24) is 9.36 Å². The predicted octanol–water partition coefficient (Wildman–Crippen LogP) is 2.49. The molecule has 0 aliphatic carbocycles. The standard InChI is InChI=1S/C12H14N4OS2/c1-2-10-14-12(19-16-10)18-7-8-4-3-5-9(6-8)11(13)15-17/h3-6,17H,2,7H2,1H3,(H2,13,15). The molecule has 0 saturated heterocycles. The normalized spacial score (nSPS) is 11.7. The predicted molar refractivity (Wildman–Crippen MR) is 77.8 cm³/mol. The first-order valence-electron chi connectivity index (χ1n) is 5.75. The highest BCUT2D eigenvalue weighted by Crippen LogP contribution is 2.24. The molecule has 0 aliphatic rings. The van der Waals surface area contributed by atoms with E-state index in [4.69, 9.17) is 10.9 Å². The molecule has 2 aromatic rings. The number of hydrogen-bond acceptors (Lipinski definition) is 6. The zero-order valence-electron chi connectivity index (χ0n) is 10.4. The van der Waals surface area contributed by atoms with E-state index in [0.717, 1.165) is 27.9 Å². The Morgan fingerprint density at radius 2 is 2.37 bits per heavy atom. The number of rotatable bonds is 5. The zero-order chi connectivity index (χ0) is 13.7. The summed E-state index contributed by atoms with van der Waals surface area (Å²) >= 11 is 3.06. The Labute approximate surface area is 119 Å². The summed E-state index contributed by atoms with van der Waals surface area (Å²) < 4.78 is 5.21. The lowest BCUT2D eigenvalue weighted by Crippen LogP contribution is -2.13. The van der Waals surface area contributed by atoms with Crippen molar-refractivity contribution in [2.75, 3.05) is 0 Å². The Balaban J connectivity index is 2.03. The van der Waals surface area contributed by atoms with Gasteiger partial charge in [0.15, 0.2) is 10.2 Å². The largest absolute Gasteiger partial charge is 0.409 e. The molecule has 0 aliphatic heterocycles. The first kappa shape index (κ1) is 13.8. The number of hydrogen-bond donors (Lipinski definition) is 2. The Hall–Kier alpha value is -1.60. The maximum absolute atomic E-state index is 8.66. The van der Waals surface area contributed by atoms with Crippen molar-refractivity contribution in [3.63, 3.8) is 0 Å². The van der Waals surface area contributed by atoms with E-state index in [1.165, 1.54) is 11.5 Å². The lowest BCUT2D eigenvalue weighted by atomic mass is 10.1. The van der Waals surface area contributed by atoms with E-state index in [-0.39, 0.29) is 5.84 Å². The van der Waals surface area contributed by atoms with Crippen molar-refractivity contribution >= 4 is 29.1 Å². The number of oxime groups is 1. The summed E-state index contributed by atoms with van der Waals surface area (Å²) in [6.45, 7) is 2.04. The minimum Gasteiger partial charge on any atom is -0.409 e. The summed E-state index contributed by atoms with van der Waals surface area (Å²) in [6.07, 6.45) is 0.857. The third kappa shape index (κ3) is 3.68. The van der Waals surface area contributed by atoms with Crippen LogP contribution in [0.3, 0.4) is 0 Å². The Kier molecular flexibility index (Phi) is 4.75. The van der Waals surface area contributed by atoms with E-state index >= 15 is 0 Å². The second-order valence-corrected chi connectivity index (χ2v) is 5.78. The first-order valence-corrected chi connectivity index (χ1v) is 7.51. The molecule has 19 heavy (non-hydrogen) atoms. The fraction of sp³-hybridized carbons (Fsp3) is 0.250. The van der Waals surface area contributed by atoms with Crippen LogP contribution in [0.2, 0.25) is 0 Å². The number of amidine groups is 1. The number of benzene rings is 1. The number of nitrogens with two attached hydrogens (primary N) is 1. The molecule has 0 radical (unpaired) electrons. The van der Waals surface area contributed by atoms with E-state index in [0.29, 0.717) is 5.56 Å². The average Bonchev–Trinajstić information content (AvgIpc) is 2.92. The van der Waals surface area contributed by atoms with Gasteiger partial charge in [0.1, 0.15) is 5.82 Å². The molecule has 0 fully saturated rings. The quantitative estimate of drug-likeness (QED) is 0.291. The second kappa shape index (κ2) is 6.53. The lowest BCUT2D eigenvalue weighted by Gasteiger charge is -2.02. The lowest BCUT2D eigenvalue weighted by molar-refractivity contribution is 0.318. The molecule has 0 atom stereocenters. The number of aryl methyl sites for hydroxylation is 1. The van der Waals surface area contributed by atoms with Crippen LogP contribution in [-0.2, 0) is 12.2 Å². The fourth-order valence-corrected chi connectivity index (χ4v) is 3.10. The second-order valence-electron chi connectivity index (χ2n) is 3.80. The van der Waals surface area contributed by atoms with Crippen LogP contribution >= 0.6 is 23.3 Å². The third-order valence-corrected chi connectivity index (χ3v) is 4.40. The van der Waals surface area contributed by atoms with Crippen LogP contribution < -0.4 is 5.73 Å². The molecule has 0 bridgehead atoms. The van der Waals surface area contributed by atoms with Crippen molar-refractivity contribution in [2.24, 2.45) is 10.9 Å². The van der Waals surface area contributed by atoms with Crippen molar-refractivity contribution in [1.29, 1.82) is 0 Å². The van der Waals surface area contributed by atoms with E-state index in [9.17, 15) is 0 Å². The Morgan fingerprint density at radius 3 is 3.05 bits per heavy atom. The van der Waals surface area contributed by atoms with Crippen molar-refractivity contribution in [3.05, 3.63) is 41.2 Å². The summed E-state index contributed by atoms with van der Waals surface area (Å²) in [5.41, 5.74) is 7.38. The third-order valence-electron chi connectivity index (χ3n) is 2.46. The van der Waals surface area contributed by atoms with E-state index in [1.807, 2.05) is 31.2 Å². The van der Waals surface area contributed by atoms with E-state index < -0.39 is 0 Å². The number of aromatic nitrogens is 2. The molecule has 100 valence electrons. The van der Waals surface area contributed by atoms with Crippen LogP contribution in [0.5, 0.6) is 0 Å². The van der Waals surface area contributed by atoms with Gasteiger partial charge in [0, 0.05) is 17.7 Å². The molecule has 1 aromatic carbocycles. The molecular formula is C12H14N4OS2. The fourth-order valence-electron chi connectivity index (χ4n) is 1.46. The van der Waals surface area contributed by atoms with Crippen LogP contribution in [0.25, 0.3) is 0 Å². The average molecular weight is 294 g/mol. The summed E-state index contributed by atoms with van der Waals surface area (Å²) in [7, 11) is 0. The first-order chi connectivity index (χ1) is 9.22. The Morgan fingerprint density at radius 1 is 1.53 bits per heavy atom. The maximum atomic E-state index is 8.66. The molecule has 0 amide bonds. The van der Waals surface area contributed by atoms with Crippen molar-refractivity contribution < 1.29 is 5.21 Å². The molecule has 0 saturated carbocycles. The molecule has 0 unspecified atom stereocenters. The van der Waals surface area contributed by atoms with E-state index in [1.54, 1.807) is 11.8 Å². The van der Waals surface area contributed by atoms with Crippen LogP contribution in [0.1, 0.15) is 23.9 Å². The van der Waals surface area contributed by atoms with Gasteiger partial charge in [0.25, 0.3) is 0 Å². The molecule has 1 aromatic heterocycles. The maximum Gasteiger partial charge on any atom is 0.170 e. The van der Waals surface area contributed by atoms with Gasteiger partial charge in [-0.05, 0) is 23.2 Å². The highest BCUT2D eigenvalue weighted by atomic mass is 32.2. The molecule has 0 spiro atoms. The minimum absolute atomic E-state index is 0.121. The van der Waals surface area contributed by atoms with Gasteiger partial charge in [-0.3, -0.25) is 0 Å². The molecule has 1 heterocycles. The SMILES string of the molecule is CCc1nsc(SCc2cccc(C(N)=NO)c2)n1. The van der Waals surface area contributed by atoms with Crippen LogP contribution in [0.4, 0.5) is 0 Å². The molecular weight excluding hydrogens is 280 g/mol. The van der Waals surface area contributed by atoms with Gasteiger partial charge in [-0.25, -0.2) is 4.98 Å². The number of nitrogens with zero attached hydrogens (tertiary/aromatic N) is 3. The van der Waals surface area contributed by atoms with E-state index in [2.05, 4.69) is 14.5 Å². The van der Waals surface area contributed by atoms with Crippen molar-refractivity contribution in [3.8, 4) is 0 Å². The van der Waals surface area contributed by atoms with Gasteiger partial charge < -0.3 is 10.9 Å². The Bertz CT molecular complexity index is 583. The van der Waals surface area contributed by atoms with Gasteiger partial charge in [-0.2, -0.15) is 4.37 Å². The van der Waals surface area contributed by atoms with Gasteiger partial charge in [0.05, 0.1) is 0 Å². The summed E-state index contributed by atoms with van der Waals surface area (Å²) in [4.78, 5) is 4.40. The highest BCUT2D eigenvalue weighted by molar-refractivity contribution is 8.00. The van der Waals surface area contributed by atoms with Gasteiger partial charge in [0.2, 0.25) is 0 Å². The topological polar surface area (TPSA) is 84.4 Å². The van der Waals surface area contributed by atoms with Gasteiger partial charge >= 0.3 is 0 Å². The van der Waals surface area contributed by atoms with Crippen molar-refractivity contribution in [2.45, 2.75) is 23.4 Å². The molecule has 2 rings (SSSR count). The highest BCUT2D eigenvalue weighted by Gasteiger charge is 2.05. The zero-order valence-corrected chi connectivity index (χ0v) is 12.0. The molecule has 5 nitrogen and oxygen atoms in total. The van der Waals surface area contributed by atoms with Gasteiger partial charge in [-0.1, -0.05) is 42.0 Å². The molecule has 3 N–H and O–H groups in total. The van der Waals surface area contributed by atoms with Gasteiger partial charge in [-0.15, -0.1) is 0 Å². The monoisotopic (exact) mass is 294 g/mol.